The van der Waals surface area contributed by atoms with Gasteiger partial charge < -0.3 is 14.2 Å². The first kappa shape index (κ1) is 25.1. The van der Waals surface area contributed by atoms with Gasteiger partial charge in [0.25, 0.3) is 0 Å². The molecule has 0 saturated carbocycles. The van der Waals surface area contributed by atoms with Crippen LogP contribution in [0.1, 0.15) is 105 Å². The predicted octanol–water partition coefficient (Wildman–Crippen LogP) is 5.18. The fourth-order valence-corrected chi connectivity index (χ4v) is 4.53. The lowest BCUT2D eigenvalue weighted by molar-refractivity contribution is -0.237. The number of unbranched alkanes of at least 4 members (excludes halogenated alkanes) is 10. The predicted molar refractivity (Wildman–Crippen MR) is 112 cm³/mol. The van der Waals surface area contributed by atoms with Gasteiger partial charge in [-0.1, -0.05) is 77.6 Å². The van der Waals surface area contributed by atoms with E-state index in [9.17, 15) is 0 Å². The van der Waals surface area contributed by atoms with Crippen molar-refractivity contribution in [3.05, 3.63) is 0 Å². The molecule has 0 aromatic carbocycles. The molecule has 1 unspecified atom stereocenters. The fourth-order valence-electron chi connectivity index (χ4n) is 3.49. The Kier molecular flexibility index (Phi) is 17.6. The molecule has 0 rings (SSSR count). The van der Waals surface area contributed by atoms with Gasteiger partial charge in [0.2, 0.25) is 0 Å². The van der Waals surface area contributed by atoms with Gasteiger partial charge >= 0.3 is 0 Å². The number of ether oxygens (including phenoxy) is 3. The van der Waals surface area contributed by atoms with E-state index in [-0.39, 0.29) is 6.10 Å². The second kappa shape index (κ2) is 17.5. The van der Waals surface area contributed by atoms with Crippen LogP contribution in [-0.2, 0) is 14.2 Å². The van der Waals surface area contributed by atoms with Crippen LogP contribution in [0, 0.1) is 0 Å². The second-order valence-corrected chi connectivity index (χ2v) is 8.54. The maximum atomic E-state index is 5.99. The van der Waals surface area contributed by atoms with Crippen molar-refractivity contribution >= 4 is 10.2 Å². The molecule has 0 aromatic heterocycles. The highest BCUT2D eigenvalue weighted by Gasteiger charge is 2.35. The number of rotatable bonds is 19. The minimum atomic E-state index is -0.474. The minimum absolute atomic E-state index is 0.0858. The standard InChI is InChI=1S/C21H46O3Si/c1-5-9-10-11-12-13-14-15-16-17-18-19-20(22-6-2)21(25,23-7-3)24-8-4/h20H,5-19H2,1-4,25H3. The van der Waals surface area contributed by atoms with E-state index in [2.05, 4.69) is 13.8 Å². The average Bonchev–Trinajstić information content (AvgIpc) is 2.59. The zero-order chi connectivity index (χ0) is 18.8. The molecule has 0 spiro atoms. The van der Waals surface area contributed by atoms with E-state index >= 15 is 0 Å². The van der Waals surface area contributed by atoms with E-state index in [1.54, 1.807) is 0 Å². The molecule has 0 radical (unpaired) electrons. The molecular weight excluding hydrogens is 328 g/mol. The summed E-state index contributed by atoms with van der Waals surface area (Å²) < 4.78 is 17.9. The maximum Gasteiger partial charge on any atom is 0.166 e. The smallest absolute Gasteiger partial charge is 0.166 e. The van der Waals surface area contributed by atoms with Gasteiger partial charge in [-0.3, -0.25) is 0 Å². The Morgan fingerprint density at radius 2 is 1.08 bits per heavy atom. The Morgan fingerprint density at radius 3 is 1.48 bits per heavy atom. The third kappa shape index (κ3) is 13.0. The summed E-state index contributed by atoms with van der Waals surface area (Å²) in [7, 11) is 0.837. The lowest BCUT2D eigenvalue weighted by Gasteiger charge is -2.37. The van der Waals surface area contributed by atoms with Crippen LogP contribution in [0.15, 0.2) is 0 Å². The molecule has 0 aliphatic carbocycles. The van der Waals surface area contributed by atoms with Gasteiger partial charge in [-0.2, -0.15) is 0 Å². The highest BCUT2D eigenvalue weighted by molar-refractivity contribution is 6.13. The first-order valence-electron chi connectivity index (χ1n) is 11.0. The lowest BCUT2D eigenvalue weighted by Crippen LogP contribution is -2.49. The normalized spacial score (nSPS) is 13.4. The Balaban J connectivity index is 3.85. The molecular formula is C21H46O3Si. The van der Waals surface area contributed by atoms with Gasteiger partial charge in [-0.05, 0) is 27.2 Å². The van der Waals surface area contributed by atoms with Gasteiger partial charge in [0.15, 0.2) is 5.41 Å². The van der Waals surface area contributed by atoms with Crippen LogP contribution in [0.5, 0.6) is 0 Å². The minimum Gasteiger partial charge on any atom is -0.373 e. The van der Waals surface area contributed by atoms with Crippen molar-refractivity contribution < 1.29 is 14.2 Å². The molecule has 0 aromatic rings. The van der Waals surface area contributed by atoms with Crippen LogP contribution in [0.2, 0.25) is 0 Å². The lowest BCUT2D eigenvalue weighted by atomic mass is 10.0. The fraction of sp³-hybridized carbons (Fsp3) is 1.00. The number of hydrogen-bond donors (Lipinski definition) is 0. The Morgan fingerprint density at radius 1 is 0.640 bits per heavy atom. The molecule has 4 heteroatoms. The second-order valence-electron chi connectivity index (χ2n) is 7.15. The monoisotopic (exact) mass is 374 g/mol. The van der Waals surface area contributed by atoms with Gasteiger partial charge in [0, 0.05) is 19.8 Å². The molecule has 0 saturated heterocycles. The van der Waals surface area contributed by atoms with E-state index < -0.39 is 5.41 Å². The summed E-state index contributed by atoms with van der Waals surface area (Å²) in [6, 6.07) is 0. The van der Waals surface area contributed by atoms with E-state index in [0.717, 1.165) is 23.3 Å². The molecule has 0 fully saturated rings. The van der Waals surface area contributed by atoms with E-state index in [4.69, 9.17) is 14.2 Å². The molecule has 0 bridgehead atoms. The van der Waals surface area contributed by atoms with Gasteiger partial charge in [0.1, 0.15) is 6.10 Å². The highest BCUT2D eigenvalue weighted by atomic mass is 28.1. The molecule has 0 N–H and O–H groups in total. The molecule has 152 valence electrons. The molecule has 0 aliphatic rings. The van der Waals surface area contributed by atoms with Crippen LogP contribution in [-0.4, -0.2) is 41.6 Å². The SMILES string of the molecule is CCCCCCCCCCCCCC(OCC)C([SiH3])(OCC)OCC. The van der Waals surface area contributed by atoms with E-state index in [0.29, 0.717) is 13.2 Å². The van der Waals surface area contributed by atoms with E-state index in [1.807, 2.05) is 13.8 Å². The highest BCUT2D eigenvalue weighted by Crippen LogP contribution is 2.23. The largest absolute Gasteiger partial charge is 0.373 e. The van der Waals surface area contributed by atoms with Gasteiger partial charge in [0.05, 0.1) is 10.2 Å². The van der Waals surface area contributed by atoms with Gasteiger partial charge in [-0.25, -0.2) is 0 Å². The summed E-state index contributed by atoms with van der Waals surface area (Å²) >= 11 is 0. The van der Waals surface area contributed by atoms with E-state index in [1.165, 1.54) is 70.6 Å². The van der Waals surface area contributed by atoms with Crippen LogP contribution in [0.4, 0.5) is 0 Å². The Bertz CT molecular complexity index is 268. The molecule has 0 aliphatic heterocycles. The number of hydrogen-bond acceptors (Lipinski definition) is 3. The molecule has 3 nitrogen and oxygen atoms in total. The quantitative estimate of drug-likeness (QED) is 0.177. The summed E-state index contributed by atoms with van der Waals surface area (Å²) in [4.78, 5) is 0. The van der Waals surface area contributed by atoms with Crippen molar-refractivity contribution in [2.45, 2.75) is 116 Å². The van der Waals surface area contributed by atoms with Crippen molar-refractivity contribution in [3.63, 3.8) is 0 Å². The van der Waals surface area contributed by atoms with Crippen LogP contribution < -0.4 is 0 Å². The topological polar surface area (TPSA) is 27.7 Å². The zero-order valence-electron chi connectivity index (χ0n) is 17.9. The summed E-state index contributed by atoms with van der Waals surface area (Å²) in [5.41, 5.74) is -0.474. The third-order valence-corrected chi connectivity index (χ3v) is 6.11. The summed E-state index contributed by atoms with van der Waals surface area (Å²) in [6.07, 6.45) is 16.3. The Hall–Kier alpha value is 0.0969. The summed E-state index contributed by atoms with van der Waals surface area (Å²) in [5.74, 6) is 0. The van der Waals surface area contributed by atoms with Crippen molar-refractivity contribution in [1.82, 2.24) is 0 Å². The zero-order valence-corrected chi connectivity index (χ0v) is 19.9. The third-order valence-electron chi connectivity index (χ3n) is 4.88. The summed E-state index contributed by atoms with van der Waals surface area (Å²) in [6.45, 7) is 10.5. The van der Waals surface area contributed by atoms with Crippen molar-refractivity contribution in [2.75, 3.05) is 19.8 Å². The average molecular weight is 375 g/mol. The molecule has 0 heterocycles. The van der Waals surface area contributed by atoms with Crippen molar-refractivity contribution in [3.8, 4) is 0 Å². The van der Waals surface area contributed by atoms with Crippen molar-refractivity contribution in [2.24, 2.45) is 0 Å². The first-order valence-corrected chi connectivity index (χ1v) is 12.0. The van der Waals surface area contributed by atoms with Crippen molar-refractivity contribution in [1.29, 1.82) is 0 Å². The molecule has 25 heavy (non-hydrogen) atoms. The van der Waals surface area contributed by atoms with Crippen LogP contribution >= 0.6 is 0 Å². The summed E-state index contributed by atoms with van der Waals surface area (Å²) in [5, 5.41) is 0. The van der Waals surface area contributed by atoms with Gasteiger partial charge in [-0.15, -0.1) is 0 Å². The van der Waals surface area contributed by atoms with Crippen LogP contribution in [0.3, 0.4) is 0 Å². The molecule has 1 atom stereocenters. The first-order chi connectivity index (χ1) is 12.1. The Labute approximate surface area is 161 Å². The molecule has 0 amide bonds. The maximum absolute atomic E-state index is 5.99. The van der Waals surface area contributed by atoms with Crippen LogP contribution in [0.25, 0.3) is 0 Å².